The molecule has 5 aromatic rings. The first-order valence-electron chi connectivity index (χ1n) is 15.8. The summed E-state index contributed by atoms with van der Waals surface area (Å²) in [5.41, 5.74) is 1.99. The molecule has 0 saturated carbocycles. The Labute approximate surface area is 292 Å². The second-order valence-electron chi connectivity index (χ2n) is 11.1. The third-order valence-corrected chi connectivity index (χ3v) is 10.3. The van der Waals surface area contributed by atoms with Crippen molar-refractivity contribution in [1.29, 1.82) is 0 Å². The number of rotatable bonds is 13. The smallest absolute Gasteiger partial charge is 0.301 e. The van der Waals surface area contributed by atoms with E-state index in [1.54, 1.807) is 42.5 Å². The summed E-state index contributed by atoms with van der Waals surface area (Å²) >= 11 is 8.82. The number of hydrogen-bond acceptors (Lipinski definition) is 9. The lowest BCUT2D eigenvalue weighted by Crippen LogP contribution is -2.29. The van der Waals surface area contributed by atoms with Gasteiger partial charge in [-0.2, -0.15) is 0 Å². The molecule has 0 aliphatic carbocycles. The van der Waals surface area contributed by atoms with Crippen molar-refractivity contribution in [1.82, 2.24) is 10.2 Å². The lowest BCUT2D eigenvalue weighted by molar-refractivity contribution is -0.132. The van der Waals surface area contributed by atoms with Crippen LogP contribution in [-0.2, 0) is 15.3 Å². The number of thioether (sulfide) groups is 1. The molecule has 1 saturated heterocycles. The summed E-state index contributed by atoms with van der Waals surface area (Å²) in [4.78, 5) is 28.8. The van der Waals surface area contributed by atoms with Gasteiger partial charge in [-0.25, -0.2) is 0 Å². The molecule has 1 amide bonds. The maximum absolute atomic E-state index is 13.8. The van der Waals surface area contributed by atoms with E-state index in [1.807, 2.05) is 25.1 Å². The van der Waals surface area contributed by atoms with Crippen molar-refractivity contribution >= 4 is 68.1 Å². The summed E-state index contributed by atoms with van der Waals surface area (Å²) in [5.74, 6) is -0.265. The number of carbonyl (C=O) groups excluding carboxylic acids is 2. The van der Waals surface area contributed by atoms with Crippen molar-refractivity contribution in [2.45, 2.75) is 49.2 Å². The van der Waals surface area contributed by atoms with Gasteiger partial charge in [-0.3, -0.25) is 14.5 Å². The zero-order valence-electron chi connectivity index (χ0n) is 26.5. The average Bonchev–Trinajstić information content (AvgIpc) is 3.67. The number of aromatic nitrogens is 2. The number of benzene rings is 4. The molecular weight excluding hydrogens is 666 g/mol. The Morgan fingerprint density at radius 2 is 1.73 bits per heavy atom. The minimum Gasteiger partial charge on any atom is -0.507 e. The Balaban J connectivity index is 1.37. The predicted octanol–water partition coefficient (Wildman–Crippen LogP) is 9.23. The highest BCUT2D eigenvalue weighted by Gasteiger charge is 2.48. The zero-order valence-corrected chi connectivity index (χ0v) is 28.9. The fourth-order valence-electron chi connectivity index (χ4n) is 5.64. The summed E-state index contributed by atoms with van der Waals surface area (Å²) in [7, 11) is 0. The number of aliphatic hydroxyl groups is 1. The molecular formula is C37H34ClN3O5S2. The third kappa shape index (κ3) is 7.06. The number of ether oxygens (including phenoxy) is 2. The summed E-state index contributed by atoms with van der Waals surface area (Å²) in [5, 5.41) is 23.3. The molecule has 8 nitrogen and oxygen atoms in total. The zero-order chi connectivity index (χ0) is 33.6. The van der Waals surface area contributed by atoms with Crippen molar-refractivity contribution in [2.24, 2.45) is 0 Å². The quantitative estimate of drug-likeness (QED) is 0.0324. The number of amides is 1. The molecule has 11 heteroatoms. The van der Waals surface area contributed by atoms with Gasteiger partial charge >= 0.3 is 5.91 Å². The maximum atomic E-state index is 13.8. The van der Waals surface area contributed by atoms with Crippen LogP contribution < -0.4 is 14.4 Å². The average molecular weight is 700 g/mol. The Kier molecular flexibility index (Phi) is 10.6. The van der Waals surface area contributed by atoms with Crippen LogP contribution in [0.4, 0.5) is 5.13 Å². The lowest BCUT2D eigenvalue weighted by atomic mass is 9.95. The van der Waals surface area contributed by atoms with E-state index in [4.69, 9.17) is 21.1 Å². The Bertz CT molecular complexity index is 1970. The van der Waals surface area contributed by atoms with Gasteiger partial charge in [0.2, 0.25) is 5.13 Å². The number of ketones is 1. The summed E-state index contributed by atoms with van der Waals surface area (Å²) in [6, 6.07) is 25.2. The Morgan fingerprint density at radius 1 is 0.938 bits per heavy atom. The third-order valence-electron chi connectivity index (χ3n) is 7.98. The molecule has 246 valence electrons. The summed E-state index contributed by atoms with van der Waals surface area (Å²) < 4.78 is 12.6. The molecule has 0 bridgehead atoms. The largest absolute Gasteiger partial charge is 0.507 e. The lowest BCUT2D eigenvalue weighted by Gasteiger charge is -2.23. The van der Waals surface area contributed by atoms with Crippen molar-refractivity contribution < 1.29 is 24.2 Å². The molecule has 1 unspecified atom stereocenters. The van der Waals surface area contributed by atoms with Crippen molar-refractivity contribution in [3.63, 3.8) is 0 Å². The van der Waals surface area contributed by atoms with Gasteiger partial charge in [0.05, 0.1) is 24.8 Å². The second-order valence-corrected chi connectivity index (χ2v) is 13.8. The molecule has 6 rings (SSSR count). The van der Waals surface area contributed by atoms with Gasteiger partial charge in [-0.1, -0.05) is 103 Å². The van der Waals surface area contributed by atoms with Crippen LogP contribution in [0.25, 0.3) is 16.5 Å². The van der Waals surface area contributed by atoms with Gasteiger partial charge in [0.1, 0.15) is 5.76 Å². The number of halogens is 1. The number of Topliss-reactive ketones (excluding diaryl/α,β-unsaturated/α-hetero) is 1. The number of carbonyl (C=O) groups is 2. The van der Waals surface area contributed by atoms with Crippen molar-refractivity contribution in [3.05, 3.63) is 112 Å². The topological polar surface area (TPSA) is 102 Å². The van der Waals surface area contributed by atoms with Crippen LogP contribution in [0.15, 0.2) is 94.8 Å². The first-order chi connectivity index (χ1) is 23.4. The fraction of sp³-hybridized carbons (Fsp3) is 0.243. The van der Waals surface area contributed by atoms with E-state index in [9.17, 15) is 14.7 Å². The molecule has 1 aliphatic rings. The first kappa shape index (κ1) is 33.5. The van der Waals surface area contributed by atoms with E-state index in [1.165, 1.54) is 28.0 Å². The molecule has 1 fully saturated rings. The van der Waals surface area contributed by atoms with Gasteiger partial charge in [0.15, 0.2) is 15.8 Å². The van der Waals surface area contributed by atoms with E-state index in [-0.39, 0.29) is 16.5 Å². The number of anilines is 1. The van der Waals surface area contributed by atoms with Crippen LogP contribution >= 0.6 is 34.7 Å². The molecule has 48 heavy (non-hydrogen) atoms. The number of nitrogens with zero attached hydrogens (tertiary/aromatic N) is 3. The van der Waals surface area contributed by atoms with E-state index in [0.29, 0.717) is 51.0 Å². The van der Waals surface area contributed by atoms with Crippen molar-refractivity contribution in [3.8, 4) is 11.5 Å². The number of hydrogen-bond donors (Lipinski definition) is 1. The van der Waals surface area contributed by atoms with Crippen LogP contribution in [0.5, 0.6) is 11.5 Å². The van der Waals surface area contributed by atoms with Gasteiger partial charge in [0, 0.05) is 16.3 Å². The molecule has 1 atom stereocenters. The van der Waals surface area contributed by atoms with E-state index in [0.717, 1.165) is 35.6 Å². The SMILES string of the molecule is CCCCCOc1ccc(C2C(=C(O)c3ccc(Cl)cc3)C(=O)C(=O)N2c2nnc(SCc3cccc4ccccc34)s2)cc1OCC. The predicted molar refractivity (Wildman–Crippen MR) is 192 cm³/mol. The second kappa shape index (κ2) is 15.2. The van der Waals surface area contributed by atoms with Crippen molar-refractivity contribution in [2.75, 3.05) is 18.1 Å². The minimum absolute atomic E-state index is 0.0680. The summed E-state index contributed by atoms with van der Waals surface area (Å²) in [6.45, 7) is 4.92. The van der Waals surface area contributed by atoms with Crippen LogP contribution in [0.1, 0.15) is 55.8 Å². The molecule has 1 aromatic heterocycles. The van der Waals surface area contributed by atoms with E-state index in [2.05, 4.69) is 41.4 Å². The molecule has 2 heterocycles. The number of fused-ring (bicyclic) bond motifs is 1. The van der Waals surface area contributed by atoms with Crippen LogP contribution in [0, 0.1) is 0 Å². The van der Waals surface area contributed by atoms with E-state index >= 15 is 0 Å². The van der Waals surface area contributed by atoms with Gasteiger partial charge in [0.25, 0.3) is 5.78 Å². The molecule has 4 aromatic carbocycles. The monoisotopic (exact) mass is 699 g/mol. The normalized spacial score (nSPS) is 15.7. The standard InChI is InChI=1S/C37H34ClN3O5S2/c1-3-5-8-20-46-29-19-16-25(21-30(29)45-4-2)32-31(33(42)24-14-17-27(38)18-15-24)34(43)35(44)41(32)36-39-40-37(48-36)47-22-26-12-9-11-23-10-6-7-13-28(23)26/h6-7,9-19,21,32,42H,3-5,8,20,22H2,1-2H3. The van der Waals surface area contributed by atoms with Gasteiger partial charge in [-0.15, -0.1) is 10.2 Å². The maximum Gasteiger partial charge on any atom is 0.301 e. The highest BCUT2D eigenvalue weighted by Crippen LogP contribution is 2.46. The first-order valence-corrected chi connectivity index (χ1v) is 18.0. The minimum atomic E-state index is -1.00. The van der Waals surface area contributed by atoms with Crippen LogP contribution in [-0.4, -0.2) is 40.2 Å². The molecule has 0 spiro atoms. The number of unbranched alkanes of at least 4 members (excludes halogenated alkanes) is 2. The van der Waals surface area contributed by atoms with E-state index < -0.39 is 17.7 Å². The highest BCUT2D eigenvalue weighted by molar-refractivity contribution is 8.00. The number of aliphatic hydroxyl groups excluding tert-OH is 1. The Morgan fingerprint density at radius 3 is 2.52 bits per heavy atom. The molecule has 1 aliphatic heterocycles. The van der Waals surface area contributed by atoms with Gasteiger partial charge < -0.3 is 14.6 Å². The molecule has 0 radical (unpaired) electrons. The fourth-order valence-corrected chi connectivity index (χ4v) is 7.64. The van der Waals surface area contributed by atoms with Crippen LogP contribution in [0.3, 0.4) is 0 Å². The highest BCUT2D eigenvalue weighted by atomic mass is 35.5. The summed E-state index contributed by atoms with van der Waals surface area (Å²) in [6.07, 6.45) is 3.02. The molecule has 1 N–H and O–H groups in total. The van der Waals surface area contributed by atoms with Crippen LogP contribution in [0.2, 0.25) is 5.02 Å². The Hall–Kier alpha value is -4.38. The van der Waals surface area contributed by atoms with Gasteiger partial charge in [-0.05, 0) is 71.6 Å².